The number of rotatable bonds is 7. The molecule has 55 heavy (non-hydrogen) atoms. The number of aliphatic carboxylic acids is 1. The molecule has 0 radical (unpaired) electrons. The number of carbonyl (C=O) groups is 4. The van der Waals surface area contributed by atoms with Crippen LogP contribution in [0.4, 0.5) is 0 Å². The van der Waals surface area contributed by atoms with Crippen LogP contribution in [0.15, 0.2) is 84.4 Å². The van der Waals surface area contributed by atoms with E-state index in [9.17, 15) is 24.3 Å². The molecular formula is C40H40N8O6S. The summed E-state index contributed by atoms with van der Waals surface area (Å²) in [4.78, 5) is 67.3. The van der Waals surface area contributed by atoms with Gasteiger partial charge in [0.2, 0.25) is 11.8 Å². The minimum Gasteiger partial charge on any atom is -0.497 e. The third-order valence-corrected chi connectivity index (χ3v) is 11.5. The topological polar surface area (TPSA) is 182 Å². The molecule has 5 heterocycles. The molecule has 5 aromatic rings. The van der Waals surface area contributed by atoms with Gasteiger partial charge in [-0.05, 0) is 62.1 Å². The standard InChI is InChI=1S/C40H40N8O6S/c1-54-28-16-13-25(14-17-28)33-34(37-41-19-20-55-37)46-48(45-33)27-21-32-36(50)44-40(39(52)53)22-26(40)10-5-3-2-4-6-12-31(38(51)47(32)23-27)43-35(49)30-18-15-24-9-7-8-11-29(24)42-30/h5,7-11,13-20,26-27,31-32H,2-4,6,12,21-23H2,1H3,(H,43,49)(H,44,50)(H,52,53)/b10-5-/t26-,27-,31-,32-,40+/m0/s1. The van der Waals surface area contributed by atoms with Crippen LogP contribution in [0.25, 0.3) is 32.9 Å². The van der Waals surface area contributed by atoms with Crippen LogP contribution in [-0.4, -0.2) is 89.9 Å². The molecule has 3 amide bonds. The first kappa shape index (κ1) is 36.0. The third-order valence-electron chi connectivity index (χ3n) is 10.7. The molecule has 3 N–H and O–H groups in total. The Balaban J connectivity index is 1.14. The SMILES string of the molecule is COc1ccc(-c2nn([C@H]3C[C@H]4C(=O)N[C@]5(C(=O)O)C[C@@H]5/C=C\CCCCC[C@H](NC(=O)c5ccc6ccccc6n5)C(=O)N4C3)nc2-c2nccs2)cc1. The quantitative estimate of drug-likeness (QED) is 0.190. The van der Waals surface area contributed by atoms with E-state index in [0.717, 1.165) is 30.2 Å². The van der Waals surface area contributed by atoms with Crippen LogP contribution in [-0.2, 0) is 14.4 Å². The highest BCUT2D eigenvalue weighted by molar-refractivity contribution is 7.13. The first-order chi connectivity index (χ1) is 26.7. The molecule has 3 aliphatic rings. The molecule has 1 saturated carbocycles. The van der Waals surface area contributed by atoms with Crippen LogP contribution in [0.5, 0.6) is 5.75 Å². The minimum atomic E-state index is -1.46. The van der Waals surface area contributed by atoms with Gasteiger partial charge in [-0.25, -0.2) is 14.8 Å². The summed E-state index contributed by atoms with van der Waals surface area (Å²) in [6.07, 6.45) is 9.26. The number of allylic oxidation sites excluding steroid dienone is 1. The molecule has 0 bridgehead atoms. The summed E-state index contributed by atoms with van der Waals surface area (Å²) in [6, 6.07) is 15.7. The highest BCUT2D eigenvalue weighted by atomic mass is 32.1. The number of carboxylic acid groups (broad SMARTS) is 1. The molecule has 282 valence electrons. The molecule has 2 fully saturated rings. The molecule has 3 aromatic heterocycles. The second-order valence-electron chi connectivity index (χ2n) is 14.2. The van der Waals surface area contributed by atoms with E-state index in [1.807, 2.05) is 72.1 Å². The molecule has 2 aromatic carbocycles. The number of thiazole rings is 1. The number of ether oxygens (including phenoxy) is 1. The van der Waals surface area contributed by atoms with Crippen LogP contribution in [0.1, 0.15) is 61.5 Å². The van der Waals surface area contributed by atoms with Gasteiger partial charge >= 0.3 is 5.97 Å². The Morgan fingerprint density at radius 2 is 1.84 bits per heavy atom. The average Bonchev–Trinajstić information content (AvgIpc) is 3.66. The van der Waals surface area contributed by atoms with Gasteiger partial charge in [-0.3, -0.25) is 14.4 Å². The van der Waals surface area contributed by atoms with E-state index in [2.05, 4.69) is 20.6 Å². The number of nitrogens with zero attached hydrogens (tertiary/aromatic N) is 6. The number of carbonyl (C=O) groups excluding carboxylic acids is 3. The van der Waals surface area contributed by atoms with E-state index in [0.29, 0.717) is 40.5 Å². The predicted octanol–water partition coefficient (Wildman–Crippen LogP) is 5.05. The van der Waals surface area contributed by atoms with Crippen LogP contribution in [0.2, 0.25) is 0 Å². The fourth-order valence-corrected chi connectivity index (χ4v) is 8.20. The van der Waals surface area contributed by atoms with Gasteiger partial charge in [0.25, 0.3) is 5.91 Å². The number of carboxylic acids is 1. The predicted molar refractivity (Wildman–Crippen MR) is 204 cm³/mol. The Morgan fingerprint density at radius 3 is 2.62 bits per heavy atom. The van der Waals surface area contributed by atoms with Crippen molar-refractivity contribution < 1.29 is 29.0 Å². The molecular weight excluding hydrogens is 721 g/mol. The lowest BCUT2D eigenvalue weighted by Gasteiger charge is -2.29. The van der Waals surface area contributed by atoms with Crippen LogP contribution < -0.4 is 15.4 Å². The van der Waals surface area contributed by atoms with Crippen molar-refractivity contribution in [1.82, 2.24) is 40.5 Å². The zero-order valence-corrected chi connectivity index (χ0v) is 30.9. The third kappa shape index (κ3) is 7.19. The number of nitrogens with one attached hydrogen (secondary N) is 2. The summed E-state index contributed by atoms with van der Waals surface area (Å²) in [5.74, 6) is -2.31. The molecule has 8 rings (SSSR count). The second kappa shape index (κ2) is 15.1. The number of aromatic nitrogens is 5. The van der Waals surface area contributed by atoms with Crippen molar-refractivity contribution in [2.45, 2.75) is 68.6 Å². The minimum absolute atomic E-state index is 0.0506. The molecule has 1 aliphatic carbocycles. The van der Waals surface area contributed by atoms with Crippen molar-refractivity contribution in [3.8, 4) is 27.7 Å². The number of hydrogen-bond acceptors (Lipinski definition) is 10. The summed E-state index contributed by atoms with van der Waals surface area (Å²) in [7, 11) is 1.59. The highest BCUT2D eigenvalue weighted by Crippen LogP contribution is 2.46. The van der Waals surface area contributed by atoms with E-state index in [1.165, 1.54) is 21.0 Å². The first-order valence-electron chi connectivity index (χ1n) is 18.4. The summed E-state index contributed by atoms with van der Waals surface area (Å²) in [5.41, 5.74) is 1.26. The lowest BCUT2D eigenvalue weighted by atomic mass is 10.0. The monoisotopic (exact) mass is 760 g/mol. The van der Waals surface area contributed by atoms with E-state index in [1.54, 1.807) is 19.4 Å². The maximum atomic E-state index is 14.7. The van der Waals surface area contributed by atoms with Gasteiger partial charge in [0.15, 0.2) is 0 Å². The maximum absolute atomic E-state index is 14.7. The number of hydrogen-bond donors (Lipinski definition) is 3. The summed E-state index contributed by atoms with van der Waals surface area (Å²) < 4.78 is 5.35. The molecule has 2 aliphatic heterocycles. The molecule has 0 spiro atoms. The zero-order chi connectivity index (χ0) is 38.1. The Morgan fingerprint density at radius 1 is 1.02 bits per heavy atom. The maximum Gasteiger partial charge on any atom is 0.330 e. The number of amides is 3. The first-order valence-corrected chi connectivity index (χ1v) is 19.3. The number of pyridine rings is 1. The van der Waals surface area contributed by atoms with Crippen LogP contribution in [0.3, 0.4) is 0 Å². The Bertz CT molecular complexity index is 2270. The van der Waals surface area contributed by atoms with E-state index < -0.39 is 47.4 Å². The smallest absolute Gasteiger partial charge is 0.330 e. The van der Waals surface area contributed by atoms with Gasteiger partial charge in [-0.2, -0.15) is 9.90 Å². The Kier molecular flexibility index (Phi) is 9.86. The fourth-order valence-electron chi connectivity index (χ4n) is 7.58. The molecule has 15 heteroatoms. The largest absolute Gasteiger partial charge is 0.497 e. The number of fused-ring (bicyclic) bond motifs is 3. The Hall–Kier alpha value is -5.96. The summed E-state index contributed by atoms with van der Waals surface area (Å²) in [5, 5.41) is 29.2. The number of para-hydroxylation sites is 1. The number of benzene rings is 2. The second-order valence-corrected chi connectivity index (χ2v) is 15.1. The van der Waals surface area contributed by atoms with Gasteiger partial charge in [-0.15, -0.1) is 16.4 Å². The number of methoxy groups -OCH3 is 1. The van der Waals surface area contributed by atoms with E-state index >= 15 is 0 Å². The van der Waals surface area contributed by atoms with Crippen LogP contribution in [0, 0.1) is 5.92 Å². The average molecular weight is 761 g/mol. The molecule has 14 nitrogen and oxygen atoms in total. The van der Waals surface area contributed by atoms with Crippen molar-refractivity contribution in [3.63, 3.8) is 0 Å². The summed E-state index contributed by atoms with van der Waals surface area (Å²) >= 11 is 1.41. The van der Waals surface area contributed by atoms with Crippen molar-refractivity contribution in [3.05, 3.63) is 90.1 Å². The fraction of sp³-hybridized carbons (Fsp3) is 0.350. The molecule has 0 unspecified atom stereocenters. The van der Waals surface area contributed by atoms with Crippen LogP contribution >= 0.6 is 11.3 Å². The zero-order valence-electron chi connectivity index (χ0n) is 30.1. The summed E-state index contributed by atoms with van der Waals surface area (Å²) in [6.45, 7) is 0.0506. The lowest BCUT2D eigenvalue weighted by Crippen LogP contribution is -2.56. The van der Waals surface area contributed by atoms with Crippen molar-refractivity contribution in [1.29, 1.82) is 0 Å². The van der Waals surface area contributed by atoms with Gasteiger partial charge in [0.1, 0.15) is 45.5 Å². The van der Waals surface area contributed by atoms with Crippen molar-refractivity contribution in [2.75, 3.05) is 13.7 Å². The van der Waals surface area contributed by atoms with Gasteiger partial charge in [0, 0.05) is 41.4 Å². The van der Waals surface area contributed by atoms with Gasteiger partial charge < -0.3 is 25.4 Å². The van der Waals surface area contributed by atoms with E-state index in [4.69, 9.17) is 14.9 Å². The normalized spacial score (nSPS) is 24.9. The van der Waals surface area contributed by atoms with Crippen molar-refractivity contribution in [2.24, 2.45) is 5.92 Å². The lowest BCUT2D eigenvalue weighted by molar-refractivity contribution is -0.145. The molecule has 5 atom stereocenters. The van der Waals surface area contributed by atoms with Crippen molar-refractivity contribution >= 4 is 45.9 Å². The van der Waals surface area contributed by atoms with Gasteiger partial charge in [0.05, 0.1) is 18.7 Å². The van der Waals surface area contributed by atoms with E-state index in [-0.39, 0.29) is 31.0 Å². The van der Waals surface area contributed by atoms with Gasteiger partial charge in [-0.1, -0.05) is 49.3 Å². The molecule has 1 saturated heterocycles. The highest BCUT2D eigenvalue weighted by Gasteiger charge is 2.61. The Labute approximate surface area is 320 Å².